The van der Waals surface area contributed by atoms with Gasteiger partial charge in [0, 0.05) is 31.8 Å². The fraction of sp³-hybridized carbons (Fsp3) is 0.412. The first kappa shape index (κ1) is 20.7. The van der Waals surface area contributed by atoms with Crippen LogP contribution in [0.2, 0.25) is 0 Å². The van der Waals surface area contributed by atoms with E-state index in [0.717, 1.165) is 4.31 Å². The van der Waals surface area contributed by atoms with Gasteiger partial charge in [0.25, 0.3) is 5.91 Å². The van der Waals surface area contributed by atoms with Crippen LogP contribution in [0.15, 0.2) is 27.6 Å². The van der Waals surface area contributed by atoms with Gasteiger partial charge in [-0.05, 0) is 26.0 Å². The predicted molar refractivity (Wildman–Crippen MR) is 97.7 cm³/mol. The second-order valence-corrected chi connectivity index (χ2v) is 7.82. The molecule has 9 nitrogen and oxygen atoms in total. The van der Waals surface area contributed by atoms with E-state index in [-0.39, 0.29) is 29.7 Å². The van der Waals surface area contributed by atoms with Gasteiger partial charge in [-0.25, -0.2) is 8.42 Å². The minimum Gasteiger partial charge on any atom is -0.497 e. The summed E-state index contributed by atoms with van der Waals surface area (Å²) in [6.45, 7) is 3.31. The van der Waals surface area contributed by atoms with E-state index >= 15 is 0 Å². The van der Waals surface area contributed by atoms with Gasteiger partial charge in [-0.1, -0.05) is 5.16 Å². The minimum atomic E-state index is -3.76. The summed E-state index contributed by atoms with van der Waals surface area (Å²) in [6.07, 6.45) is 0. The molecule has 0 spiro atoms. The zero-order valence-corrected chi connectivity index (χ0v) is 16.7. The van der Waals surface area contributed by atoms with Crippen LogP contribution in [0.3, 0.4) is 0 Å². The summed E-state index contributed by atoms with van der Waals surface area (Å²) in [5.41, 5.74) is 0.647. The molecule has 1 heterocycles. The highest BCUT2D eigenvalue weighted by atomic mass is 32.2. The van der Waals surface area contributed by atoms with E-state index in [9.17, 15) is 13.2 Å². The molecule has 10 heteroatoms. The Morgan fingerprint density at radius 3 is 2.26 bits per heavy atom. The molecule has 2 rings (SSSR count). The minimum absolute atomic E-state index is 0.0499. The quantitative estimate of drug-likeness (QED) is 0.716. The number of benzene rings is 1. The van der Waals surface area contributed by atoms with Crippen molar-refractivity contribution in [2.45, 2.75) is 18.7 Å². The molecule has 0 fully saturated rings. The molecule has 0 saturated heterocycles. The van der Waals surface area contributed by atoms with Crippen molar-refractivity contribution in [2.24, 2.45) is 0 Å². The summed E-state index contributed by atoms with van der Waals surface area (Å²) < 4.78 is 41.6. The van der Waals surface area contributed by atoms with Crippen LogP contribution in [0.1, 0.15) is 21.8 Å². The average molecular weight is 397 g/mol. The van der Waals surface area contributed by atoms with Crippen molar-refractivity contribution in [2.75, 3.05) is 34.4 Å². The molecule has 1 amide bonds. The number of carbonyl (C=O) groups is 1. The summed E-state index contributed by atoms with van der Waals surface area (Å²) in [6, 6.07) is 4.80. The van der Waals surface area contributed by atoms with Crippen molar-refractivity contribution in [3.63, 3.8) is 0 Å². The van der Waals surface area contributed by atoms with Crippen molar-refractivity contribution >= 4 is 15.9 Å². The molecule has 0 aliphatic carbocycles. The molecule has 0 atom stereocenters. The standard InChI is InChI=1S/C17H23N3O6S/c1-11-16(12(2)26-19-11)27(22,23)20(3)7-6-18-17(21)13-8-14(24-4)10-15(9-13)25-5/h8-10H,6-7H2,1-5H3,(H,18,21). The van der Waals surface area contributed by atoms with Crippen molar-refractivity contribution in [3.05, 3.63) is 35.2 Å². The highest BCUT2D eigenvalue weighted by Gasteiger charge is 2.28. The van der Waals surface area contributed by atoms with Gasteiger partial charge in [0.2, 0.25) is 10.0 Å². The lowest BCUT2D eigenvalue weighted by atomic mass is 10.2. The molecule has 1 aromatic carbocycles. The van der Waals surface area contributed by atoms with Gasteiger partial charge >= 0.3 is 0 Å². The third-order valence-corrected chi connectivity index (χ3v) is 6.06. The molecular formula is C17H23N3O6S. The van der Waals surface area contributed by atoms with Crippen LogP contribution in [0, 0.1) is 13.8 Å². The topological polar surface area (TPSA) is 111 Å². The van der Waals surface area contributed by atoms with E-state index in [1.54, 1.807) is 32.0 Å². The molecule has 0 aliphatic heterocycles. The average Bonchev–Trinajstić information content (AvgIpc) is 2.99. The van der Waals surface area contributed by atoms with Crippen LogP contribution >= 0.6 is 0 Å². The predicted octanol–water partition coefficient (Wildman–Crippen LogP) is 1.36. The van der Waals surface area contributed by atoms with Gasteiger partial charge in [-0.3, -0.25) is 4.79 Å². The highest BCUT2D eigenvalue weighted by molar-refractivity contribution is 7.89. The van der Waals surface area contributed by atoms with E-state index in [0.29, 0.717) is 22.8 Å². The number of sulfonamides is 1. The number of likely N-dealkylation sites (N-methyl/N-ethyl adjacent to an activating group) is 1. The largest absolute Gasteiger partial charge is 0.497 e. The normalized spacial score (nSPS) is 11.5. The summed E-state index contributed by atoms with van der Waals surface area (Å²) >= 11 is 0. The van der Waals surface area contributed by atoms with Gasteiger partial charge in [0.05, 0.1) is 14.2 Å². The Balaban J connectivity index is 2.02. The number of hydrogen-bond acceptors (Lipinski definition) is 7. The summed E-state index contributed by atoms with van der Waals surface area (Å²) in [7, 11) is 0.659. The van der Waals surface area contributed by atoms with Crippen molar-refractivity contribution in [1.82, 2.24) is 14.8 Å². The Labute approximate surface area is 158 Å². The van der Waals surface area contributed by atoms with Crippen LogP contribution < -0.4 is 14.8 Å². The maximum Gasteiger partial charge on any atom is 0.251 e. The van der Waals surface area contributed by atoms with Crippen molar-refractivity contribution in [1.29, 1.82) is 0 Å². The third kappa shape index (κ3) is 4.58. The number of aromatic nitrogens is 1. The highest BCUT2D eigenvalue weighted by Crippen LogP contribution is 2.23. The monoisotopic (exact) mass is 397 g/mol. The van der Waals surface area contributed by atoms with Crippen LogP contribution in [0.4, 0.5) is 0 Å². The van der Waals surface area contributed by atoms with Gasteiger partial charge in [0.1, 0.15) is 22.1 Å². The zero-order chi connectivity index (χ0) is 20.2. The molecule has 148 valence electrons. The van der Waals surface area contributed by atoms with Crippen molar-refractivity contribution < 1.29 is 27.2 Å². The fourth-order valence-electron chi connectivity index (χ4n) is 2.49. The fourth-order valence-corrected chi connectivity index (χ4v) is 3.94. The Morgan fingerprint density at radius 2 is 1.78 bits per heavy atom. The first-order valence-electron chi connectivity index (χ1n) is 8.11. The van der Waals surface area contributed by atoms with E-state index in [4.69, 9.17) is 14.0 Å². The Kier molecular flexibility index (Phi) is 6.45. The van der Waals surface area contributed by atoms with Crippen LogP contribution in [0.5, 0.6) is 11.5 Å². The number of aryl methyl sites for hydroxylation is 2. The molecule has 1 aromatic heterocycles. The Bertz CT molecular complexity index is 881. The molecule has 0 bridgehead atoms. The number of nitrogens with zero attached hydrogens (tertiary/aromatic N) is 2. The maximum absolute atomic E-state index is 12.6. The first-order chi connectivity index (χ1) is 12.7. The van der Waals surface area contributed by atoms with Gasteiger partial charge in [-0.2, -0.15) is 4.31 Å². The maximum atomic E-state index is 12.6. The van der Waals surface area contributed by atoms with E-state index < -0.39 is 10.0 Å². The van der Waals surface area contributed by atoms with Gasteiger partial charge < -0.3 is 19.3 Å². The summed E-state index contributed by atoms with van der Waals surface area (Å²) in [5.74, 6) is 0.831. The lowest BCUT2D eigenvalue weighted by molar-refractivity contribution is 0.0951. The number of methoxy groups -OCH3 is 2. The second kappa shape index (κ2) is 8.40. The number of ether oxygens (including phenoxy) is 2. The molecule has 2 aromatic rings. The zero-order valence-electron chi connectivity index (χ0n) is 15.9. The number of nitrogens with one attached hydrogen (secondary N) is 1. The molecule has 0 aliphatic rings. The van der Waals surface area contributed by atoms with Crippen molar-refractivity contribution in [3.8, 4) is 11.5 Å². The molecule has 1 N–H and O–H groups in total. The van der Waals surface area contributed by atoms with Gasteiger partial charge in [0.15, 0.2) is 5.76 Å². The second-order valence-electron chi connectivity index (χ2n) is 5.84. The summed E-state index contributed by atoms with van der Waals surface area (Å²) in [5, 5.41) is 6.36. The van der Waals surface area contributed by atoms with Crippen LogP contribution in [-0.4, -0.2) is 58.1 Å². The smallest absolute Gasteiger partial charge is 0.251 e. The number of hydrogen-bond donors (Lipinski definition) is 1. The summed E-state index contributed by atoms with van der Waals surface area (Å²) in [4.78, 5) is 12.4. The van der Waals surface area contributed by atoms with E-state index in [2.05, 4.69) is 10.5 Å². The third-order valence-electron chi connectivity index (χ3n) is 3.96. The number of amides is 1. The van der Waals surface area contributed by atoms with E-state index in [1.807, 2.05) is 0 Å². The van der Waals surface area contributed by atoms with Crippen LogP contribution in [-0.2, 0) is 10.0 Å². The molecule has 0 unspecified atom stereocenters. The SMILES string of the molecule is COc1cc(OC)cc(C(=O)NCCN(C)S(=O)(=O)c2c(C)noc2C)c1. The van der Waals surface area contributed by atoms with Crippen LogP contribution in [0.25, 0.3) is 0 Å². The number of carbonyl (C=O) groups excluding carboxylic acids is 1. The molecule has 0 radical (unpaired) electrons. The Hall–Kier alpha value is -2.59. The van der Waals surface area contributed by atoms with Gasteiger partial charge in [-0.15, -0.1) is 0 Å². The first-order valence-corrected chi connectivity index (χ1v) is 9.55. The van der Waals surface area contributed by atoms with E-state index in [1.165, 1.54) is 21.3 Å². The lowest BCUT2D eigenvalue weighted by Gasteiger charge is -2.17. The Morgan fingerprint density at radius 1 is 1.19 bits per heavy atom. The molecule has 27 heavy (non-hydrogen) atoms. The number of rotatable bonds is 8. The lowest BCUT2D eigenvalue weighted by Crippen LogP contribution is -2.36. The molecule has 0 saturated carbocycles. The molecular weight excluding hydrogens is 374 g/mol.